The number of rotatable bonds is 6. The Bertz CT molecular complexity index is 3780. The van der Waals surface area contributed by atoms with Crippen molar-refractivity contribution in [2.45, 2.75) is 19.3 Å². The second-order valence-corrected chi connectivity index (χ2v) is 17.8. The molecule has 0 saturated carbocycles. The molecule has 0 radical (unpaired) electrons. The maximum atomic E-state index is 5.18. The lowest BCUT2D eigenvalue weighted by molar-refractivity contribution is 0.660. The monoisotopic (exact) mass is 830 g/mol. The molecule has 0 atom stereocenters. The molecule has 0 bridgehead atoms. The van der Waals surface area contributed by atoms with Gasteiger partial charge in [0.15, 0.2) is 5.82 Å². The summed E-state index contributed by atoms with van der Waals surface area (Å²) >= 11 is 0. The summed E-state index contributed by atoms with van der Waals surface area (Å²) in [6, 6.07) is 78.9. The second kappa shape index (κ2) is 14.3. The molecule has 1 aliphatic rings. The van der Waals surface area contributed by atoms with Crippen molar-refractivity contribution < 1.29 is 0 Å². The maximum Gasteiger partial charge on any atom is 0.160 e. The highest BCUT2D eigenvalue weighted by Gasteiger charge is 2.36. The normalized spacial score (nSPS) is 12.9. The van der Waals surface area contributed by atoms with Crippen molar-refractivity contribution in [2.75, 3.05) is 0 Å². The predicted molar refractivity (Wildman–Crippen MR) is 270 cm³/mol. The smallest absolute Gasteiger partial charge is 0.160 e. The topological polar surface area (TPSA) is 35.6 Å². The molecule has 0 fully saturated rings. The number of aromatic nitrogens is 4. The largest absolute Gasteiger partial charge is 0.309 e. The van der Waals surface area contributed by atoms with Crippen LogP contribution in [0.3, 0.4) is 0 Å². The Kier molecular flexibility index (Phi) is 8.22. The van der Waals surface area contributed by atoms with Crippen LogP contribution >= 0.6 is 0 Å². The molecule has 4 nitrogen and oxygen atoms in total. The van der Waals surface area contributed by atoms with Gasteiger partial charge in [-0.25, -0.2) is 9.97 Å². The molecule has 12 aromatic rings. The molecular formula is C61H42N4. The van der Waals surface area contributed by atoms with Gasteiger partial charge in [0.1, 0.15) is 0 Å². The van der Waals surface area contributed by atoms with Crippen molar-refractivity contribution >= 4 is 43.6 Å². The van der Waals surface area contributed by atoms with Crippen molar-refractivity contribution in [3.8, 4) is 67.5 Å². The Hall–Kier alpha value is -8.34. The minimum atomic E-state index is -0.248. The van der Waals surface area contributed by atoms with Crippen molar-refractivity contribution in [1.82, 2.24) is 19.1 Å². The van der Waals surface area contributed by atoms with Gasteiger partial charge in [0, 0.05) is 55.0 Å². The van der Waals surface area contributed by atoms with E-state index in [1.807, 2.05) is 24.3 Å². The van der Waals surface area contributed by atoms with Crippen LogP contribution in [-0.2, 0) is 5.41 Å². The molecule has 0 amide bonds. The summed E-state index contributed by atoms with van der Waals surface area (Å²) < 4.78 is 4.83. The first-order valence-corrected chi connectivity index (χ1v) is 22.4. The highest BCUT2D eigenvalue weighted by Crippen LogP contribution is 2.51. The molecule has 3 aromatic heterocycles. The lowest BCUT2D eigenvalue weighted by Gasteiger charge is -2.23. The van der Waals surface area contributed by atoms with Crippen LogP contribution in [0.2, 0.25) is 0 Å². The van der Waals surface area contributed by atoms with Gasteiger partial charge in [0.25, 0.3) is 0 Å². The lowest BCUT2D eigenvalue weighted by atomic mass is 9.81. The molecule has 1 aliphatic carbocycles. The fraction of sp³-hybridized carbons (Fsp3) is 0.0492. The van der Waals surface area contributed by atoms with E-state index < -0.39 is 0 Å². The molecule has 3 heterocycles. The summed E-state index contributed by atoms with van der Waals surface area (Å²) in [5.41, 5.74) is 19.5. The average Bonchev–Trinajstić information content (AvgIpc) is 3.96. The minimum absolute atomic E-state index is 0.248. The number of fused-ring (bicyclic) bond motifs is 9. The Morgan fingerprint density at radius 3 is 1.40 bits per heavy atom. The summed E-state index contributed by atoms with van der Waals surface area (Å²) in [6.07, 6.45) is 0. The zero-order valence-electron chi connectivity index (χ0n) is 36.1. The van der Waals surface area contributed by atoms with Crippen molar-refractivity contribution in [2.24, 2.45) is 0 Å². The molecule has 0 saturated heterocycles. The SMILES string of the molecule is CC1(C)c2cc(-c3cc(-c4ccccc4)nc(-c4ccccc4)n3)ccc2-c2ccc(-n3c4ccccc4c4cc(-c5ccc6c(c5)c5ccccc5n6-c5ccccc5)ccc43)cc21. The summed E-state index contributed by atoms with van der Waals surface area (Å²) in [5.74, 6) is 0.723. The summed E-state index contributed by atoms with van der Waals surface area (Å²) in [7, 11) is 0. The van der Waals surface area contributed by atoms with Gasteiger partial charge >= 0.3 is 0 Å². The predicted octanol–water partition coefficient (Wildman–Crippen LogP) is 15.6. The Balaban J connectivity index is 0.900. The van der Waals surface area contributed by atoms with Gasteiger partial charge in [0.2, 0.25) is 0 Å². The molecule has 0 N–H and O–H groups in total. The van der Waals surface area contributed by atoms with Crippen molar-refractivity contribution in [3.05, 3.63) is 230 Å². The first-order chi connectivity index (χ1) is 32.0. The fourth-order valence-electron chi connectivity index (χ4n) is 10.5. The van der Waals surface area contributed by atoms with Gasteiger partial charge in [-0.1, -0.05) is 159 Å². The quantitative estimate of drug-likeness (QED) is 0.167. The molecule has 0 unspecified atom stereocenters. The zero-order chi connectivity index (χ0) is 43.2. The number of para-hydroxylation sites is 3. The lowest BCUT2D eigenvalue weighted by Crippen LogP contribution is -2.15. The summed E-state index contributed by atoms with van der Waals surface area (Å²) in [5, 5.41) is 5.00. The van der Waals surface area contributed by atoms with E-state index in [0.717, 1.165) is 39.6 Å². The van der Waals surface area contributed by atoms with E-state index in [1.165, 1.54) is 82.7 Å². The van der Waals surface area contributed by atoms with Gasteiger partial charge in [-0.05, 0) is 106 Å². The van der Waals surface area contributed by atoms with Gasteiger partial charge < -0.3 is 9.13 Å². The van der Waals surface area contributed by atoms with Crippen LogP contribution in [0.15, 0.2) is 218 Å². The fourth-order valence-corrected chi connectivity index (χ4v) is 10.5. The maximum absolute atomic E-state index is 5.18. The van der Waals surface area contributed by atoms with Crippen LogP contribution in [-0.4, -0.2) is 19.1 Å². The number of nitrogens with zero attached hydrogens (tertiary/aromatic N) is 4. The van der Waals surface area contributed by atoms with Gasteiger partial charge in [-0.3, -0.25) is 0 Å². The Morgan fingerprint density at radius 2 is 0.785 bits per heavy atom. The Morgan fingerprint density at radius 1 is 0.323 bits per heavy atom. The molecule has 13 rings (SSSR count). The van der Waals surface area contributed by atoms with Crippen molar-refractivity contribution in [1.29, 1.82) is 0 Å². The third kappa shape index (κ3) is 5.84. The van der Waals surface area contributed by atoms with Crippen LogP contribution < -0.4 is 0 Å². The van der Waals surface area contributed by atoms with Crippen molar-refractivity contribution in [3.63, 3.8) is 0 Å². The van der Waals surface area contributed by atoms with Gasteiger partial charge in [-0.15, -0.1) is 0 Å². The van der Waals surface area contributed by atoms with Gasteiger partial charge in [0.05, 0.1) is 33.5 Å². The van der Waals surface area contributed by atoms with E-state index in [-0.39, 0.29) is 5.41 Å². The van der Waals surface area contributed by atoms with Crippen LogP contribution in [0.4, 0.5) is 0 Å². The van der Waals surface area contributed by atoms with Crippen LogP contribution in [0.5, 0.6) is 0 Å². The van der Waals surface area contributed by atoms with Crippen LogP contribution in [0, 0.1) is 0 Å². The number of hydrogen-bond donors (Lipinski definition) is 0. The molecule has 306 valence electrons. The van der Waals surface area contributed by atoms with E-state index in [9.17, 15) is 0 Å². The van der Waals surface area contributed by atoms with E-state index in [2.05, 4.69) is 217 Å². The molecule has 0 spiro atoms. The highest BCUT2D eigenvalue weighted by atomic mass is 15.0. The number of hydrogen-bond acceptors (Lipinski definition) is 2. The first-order valence-electron chi connectivity index (χ1n) is 22.4. The summed E-state index contributed by atoms with van der Waals surface area (Å²) in [6.45, 7) is 4.73. The summed E-state index contributed by atoms with van der Waals surface area (Å²) in [4.78, 5) is 10.2. The molecule has 0 aliphatic heterocycles. The first kappa shape index (κ1) is 37.2. The van der Waals surface area contributed by atoms with E-state index in [4.69, 9.17) is 9.97 Å². The molecule has 65 heavy (non-hydrogen) atoms. The minimum Gasteiger partial charge on any atom is -0.309 e. The third-order valence-corrected chi connectivity index (χ3v) is 13.7. The third-order valence-electron chi connectivity index (χ3n) is 13.7. The molecule has 9 aromatic carbocycles. The van der Waals surface area contributed by atoms with E-state index in [0.29, 0.717) is 0 Å². The van der Waals surface area contributed by atoms with E-state index in [1.54, 1.807) is 0 Å². The van der Waals surface area contributed by atoms with Crippen LogP contribution in [0.1, 0.15) is 25.0 Å². The average molecular weight is 831 g/mol. The standard InChI is InChI=1S/C61H42N4/c1-61(2)52-36-43(55-38-54(39-16-6-3-7-17-39)62-60(63-55)40-18-8-4-9-19-40)26-30-46(52)47-31-29-45(37-53(47)61)65-57-25-15-13-23-49(57)51-35-42(28-33-59(51)65)41-27-32-58-50(34-41)48-22-12-14-24-56(48)64(58)44-20-10-5-11-21-44/h3-38H,1-2H3. The Labute approximate surface area is 377 Å². The zero-order valence-corrected chi connectivity index (χ0v) is 36.1. The molecule has 4 heteroatoms. The molecular weight excluding hydrogens is 789 g/mol. The van der Waals surface area contributed by atoms with Crippen LogP contribution in [0.25, 0.3) is 111 Å². The van der Waals surface area contributed by atoms with Gasteiger partial charge in [-0.2, -0.15) is 0 Å². The highest BCUT2D eigenvalue weighted by molar-refractivity contribution is 6.12. The number of benzene rings is 9. The second-order valence-electron chi connectivity index (χ2n) is 17.8. The van der Waals surface area contributed by atoms with E-state index >= 15 is 0 Å².